The van der Waals surface area contributed by atoms with Crippen molar-refractivity contribution in [3.05, 3.63) is 77.4 Å². The number of rotatable bonds is 1. The lowest BCUT2D eigenvalue weighted by Gasteiger charge is -2.16. The molecule has 1 fully saturated rings. The van der Waals surface area contributed by atoms with Crippen LogP contribution in [0.5, 0.6) is 0 Å². The summed E-state index contributed by atoms with van der Waals surface area (Å²) in [5.41, 5.74) is 2.66. The van der Waals surface area contributed by atoms with Gasteiger partial charge in [-0.2, -0.15) is 0 Å². The lowest BCUT2D eigenvalue weighted by atomic mass is 9.89. The highest BCUT2D eigenvalue weighted by Crippen LogP contribution is 2.37. The summed E-state index contributed by atoms with van der Waals surface area (Å²) in [5.74, 6) is 6.86. The summed E-state index contributed by atoms with van der Waals surface area (Å²) in [4.78, 5) is 4.61. The first-order chi connectivity index (χ1) is 11.3. The van der Waals surface area contributed by atoms with Gasteiger partial charge in [0.1, 0.15) is 5.82 Å². The minimum Gasteiger partial charge on any atom is -0.310 e. The fraction of sp³-hybridized carbons (Fsp3) is 0.250. The Bertz CT molecular complexity index is 798. The van der Waals surface area contributed by atoms with Gasteiger partial charge in [-0.25, -0.2) is 4.39 Å². The standard InChI is InChI=1S/C20H17FN2/c21-16-4-1-3-14(11-16)7-8-15-9-10-20(22-12-15)18-13-23-19-6-2-5-17(18)19/h1-4,6,9-12,17-19,23H,5,13H2/t17-,18?,19-/m1/s1. The van der Waals surface area contributed by atoms with Gasteiger partial charge in [-0.1, -0.05) is 30.1 Å². The van der Waals surface area contributed by atoms with E-state index in [4.69, 9.17) is 0 Å². The first-order valence-electron chi connectivity index (χ1n) is 7.93. The Kier molecular flexibility index (Phi) is 3.69. The van der Waals surface area contributed by atoms with Crippen molar-refractivity contribution in [3.63, 3.8) is 0 Å². The number of nitrogens with one attached hydrogen (secondary N) is 1. The van der Waals surface area contributed by atoms with Gasteiger partial charge in [-0.3, -0.25) is 4.98 Å². The zero-order valence-electron chi connectivity index (χ0n) is 12.7. The summed E-state index contributed by atoms with van der Waals surface area (Å²) >= 11 is 0. The Balaban J connectivity index is 1.51. The minimum atomic E-state index is -0.265. The van der Waals surface area contributed by atoms with E-state index in [1.165, 1.54) is 12.1 Å². The molecular formula is C20H17FN2. The number of halogens is 1. The van der Waals surface area contributed by atoms with Crippen molar-refractivity contribution in [2.75, 3.05) is 6.54 Å². The highest BCUT2D eigenvalue weighted by atomic mass is 19.1. The average Bonchev–Trinajstić information content (AvgIpc) is 3.17. The molecule has 0 bridgehead atoms. The maximum atomic E-state index is 13.1. The largest absolute Gasteiger partial charge is 0.310 e. The van der Waals surface area contributed by atoms with Gasteiger partial charge in [0.05, 0.1) is 0 Å². The summed E-state index contributed by atoms with van der Waals surface area (Å²) in [6, 6.07) is 10.9. The Morgan fingerprint density at radius 2 is 2.04 bits per heavy atom. The van der Waals surface area contributed by atoms with Gasteiger partial charge >= 0.3 is 0 Å². The predicted molar refractivity (Wildman–Crippen MR) is 88.4 cm³/mol. The molecule has 0 radical (unpaired) electrons. The highest BCUT2D eigenvalue weighted by molar-refractivity contribution is 5.42. The molecule has 2 aliphatic rings. The second-order valence-electron chi connectivity index (χ2n) is 6.10. The molecule has 2 nitrogen and oxygen atoms in total. The number of hydrogen-bond donors (Lipinski definition) is 1. The molecule has 0 amide bonds. The number of nitrogens with zero attached hydrogens (tertiary/aromatic N) is 1. The van der Waals surface area contributed by atoms with Crippen LogP contribution in [-0.4, -0.2) is 17.6 Å². The molecule has 1 aliphatic carbocycles. The summed E-state index contributed by atoms with van der Waals surface area (Å²) in [6.07, 6.45) is 7.47. The molecule has 2 heterocycles. The molecule has 1 aromatic heterocycles. The smallest absolute Gasteiger partial charge is 0.124 e. The Morgan fingerprint density at radius 3 is 2.87 bits per heavy atom. The Hall–Kier alpha value is -2.44. The molecule has 1 saturated heterocycles. The number of pyridine rings is 1. The van der Waals surface area contributed by atoms with Crippen LogP contribution in [-0.2, 0) is 0 Å². The lowest BCUT2D eigenvalue weighted by Crippen LogP contribution is -2.20. The number of allylic oxidation sites excluding steroid dienone is 1. The monoisotopic (exact) mass is 304 g/mol. The van der Waals surface area contributed by atoms with Gasteiger partial charge < -0.3 is 5.32 Å². The topological polar surface area (TPSA) is 24.9 Å². The summed E-state index contributed by atoms with van der Waals surface area (Å²) in [7, 11) is 0. The van der Waals surface area contributed by atoms with E-state index >= 15 is 0 Å². The zero-order chi connectivity index (χ0) is 15.6. The second-order valence-corrected chi connectivity index (χ2v) is 6.10. The predicted octanol–water partition coefficient (Wildman–Crippen LogP) is 3.25. The van der Waals surface area contributed by atoms with Gasteiger partial charge in [0, 0.05) is 41.5 Å². The average molecular weight is 304 g/mol. The minimum absolute atomic E-state index is 0.265. The molecule has 2 aromatic rings. The summed E-state index contributed by atoms with van der Waals surface area (Å²) < 4.78 is 13.1. The molecule has 1 N–H and O–H groups in total. The van der Waals surface area contributed by atoms with Crippen LogP contribution in [0.15, 0.2) is 54.7 Å². The first-order valence-corrected chi connectivity index (χ1v) is 7.93. The third-order valence-corrected chi connectivity index (χ3v) is 4.65. The van der Waals surface area contributed by atoms with Crippen LogP contribution in [0.3, 0.4) is 0 Å². The van der Waals surface area contributed by atoms with Crippen LogP contribution in [0.4, 0.5) is 4.39 Å². The van der Waals surface area contributed by atoms with Gasteiger partial charge in [0.2, 0.25) is 0 Å². The van der Waals surface area contributed by atoms with E-state index in [9.17, 15) is 4.39 Å². The van der Waals surface area contributed by atoms with Crippen molar-refractivity contribution in [2.45, 2.75) is 18.4 Å². The molecule has 23 heavy (non-hydrogen) atoms. The van der Waals surface area contributed by atoms with Crippen LogP contribution in [0.25, 0.3) is 0 Å². The first kappa shape index (κ1) is 14.2. The molecule has 3 atom stereocenters. The van der Waals surface area contributed by atoms with Crippen molar-refractivity contribution < 1.29 is 4.39 Å². The fourth-order valence-electron chi connectivity index (χ4n) is 3.45. The van der Waals surface area contributed by atoms with Gasteiger partial charge in [0.25, 0.3) is 0 Å². The molecule has 1 aromatic carbocycles. The van der Waals surface area contributed by atoms with Gasteiger partial charge in [-0.15, -0.1) is 0 Å². The van der Waals surface area contributed by atoms with Crippen molar-refractivity contribution in [1.29, 1.82) is 0 Å². The number of benzene rings is 1. The molecule has 1 unspecified atom stereocenters. The zero-order valence-corrected chi connectivity index (χ0v) is 12.7. The van der Waals surface area contributed by atoms with E-state index < -0.39 is 0 Å². The van der Waals surface area contributed by atoms with E-state index in [0.29, 0.717) is 23.4 Å². The van der Waals surface area contributed by atoms with Crippen LogP contribution < -0.4 is 5.32 Å². The fourth-order valence-corrected chi connectivity index (χ4v) is 3.45. The molecule has 114 valence electrons. The molecular weight excluding hydrogens is 287 g/mol. The van der Waals surface area contributed by atoms with E-state index in [-0.39, 0.29) is 5.82 Å². The maximum absolute atomic E-state index is 13.1. The van der Waals surface area contributed by atoms with E-state index in [0.717, 1.165) is 24.2 Å². The van der Waals surface area contributed by atoms with E-state index in [1.54, 1.807) is 12.1 Å². The van der Waals surface area contributed by atoms with E-state index in [2.05, 4.69) is 40.4 Å². The third kappa shape index (κ3) is 2.91. The van der Waals surface area contributed by atoms with Crippen molar-refractivity contribution in [2.24, 2.45) is 5.92 Å². The normalized spacial score (nSPS) is 25.0. The van der Waals surface area contributed by atoms with Crippen molar-refractivity contribution in [1.82, 2.24) is 10.3 Å². The van der Waals surface area contributed by atoms with Gasteiger partial charge in [-0.05, 0) is 42.7 Å². The number of aromatic nitrogens is 1. The van der Waals surface area contributed by atoms with Gasteiger partial charge in [0.15, 0.2) is 0 Å². The van der Waals surface area contributed by atoms with Crippen molar-refractivity contribution in [3.8, 4) is 11.8 Å². The summed E-state index contributed by atoms with van der Waals surface area (Å²) in [5, 5.41) is 3.54. The number of fused-ring (bicyclic) bond motifs is 1. The lowest BCUT2D eigenvalue weighted by molar-refractivity contribution is 0.493. The second kappa shape index (κ2) is 5.98. The van der Waals surface area contributed by atoms with Crippen LogP contribution >= 0.6 is 0 Å². The SMILES string of the molecule is Fc1cccc(C#Cc2ccc(C3CN[C@@H]4C=CC[C@H]34)nc2)c1. The Labute approximate surface area is 135 Å². The quantitative estimate of drug-likeness (QED) is 0.646. The third-order valence-electron chi connectivity index (χ3n) is 4.65. The van der Waals surface area contributed by atoms with Crippen molar-refractivity contribution >= 4 is 0 Å². The molecule has 0 spiro atoms. The molecule has 3 heteroatoms. The Morgan fingerprint density at radius 1 is 1.13 bits per heavy atom. The molecule has 0 saturated carbocycles. The maximum Gasteiger partial charge on any atom is 0.124 e. The number of hydrogen-bond acceptors (Lipinski definition) is 2. The highest BCUT2D eigenvalue weighted by Gasteiger charge is 2.37. The molecule has 1 aliphatic heterocycles. The van der Waals surface area contributed by atoms with Crippen LogP contribution in [0, 0.1) is 23.6 Å². The molecule has 4 rings (SSSR count). The van der Waals surface area contributed by atoms with Crippen LogP contribution in [0.2, 0.25) is 0 Å². The van der Waals surface area contributed by atoms with E-state index in [1.807, 2.05) is 12.3 Å². The van der Waals surface area contributed by atoms with Crippen LogP contribution in [0.1, 0.15) is 29.2 Å². The summed E-state index contributed by atoms with van der Waals surface area (Å²) in [6.45, 7) is 0.987.